The van der Waals surface area contributed by atoms with Gasteiger partial charge in [0.2, 0.25) is 0 Å². The normalized spacial score (nSPS) is 20.1. The van der Waals surface area contributed by atoms with E-state index in [1.807, 2.05) is 11.1 Å². The van der Waals surface area contributed by atoms with Gasteiger partial charge >= 0.3 is 6.09 Å². The van der Waals surface area contributed by atoms with Crippen LogP contribution in [0.5, 0.6) is 0 Å². The average Bonchev–Trinajstić information content (AvgIpc) is 3.48. The molecule has 1 unspecified atom stereocenters. The minimum absolute atomic E-state index is 0.0890. The highest BCUT2D eigenvalue weighted by atomic mass is 16.6. The monoisotopic (exact) mass is 542 g/mol. The summed E-state index contributed by atoms with van der Waals surface area (Å²) in [5, 5.41) is 1.12. The topological polar surface area (TPSA) is 115 Å². The van der Waals surface area contributed by atoms with Crippen LogP contribution in [0.15, 0.2) is 18.5 Å². The van der Waals surface area contributed by atoms with E-state index < -0.39 is 17.9 Å². The predicted octanol–water partition coefficient (Wildman–Crippen LogP) is 2.70. The molecule has 2 saturated heterocycles. The molecule has 0 bridgehead atoms. The van der Waals surface area contributed by atoms with Crippen LogP contribution in [-0.2, 0) is 32.1 Å². The molecule has 1 saturated carbocycles. The zero-order valence-electron chi connectivity index (χ0n) is 23.4. The van der Waals surface area contributed by atoms with Crippen LogP contribution in [0.4, 0.5) is 10.5 Å². The summed E-state index contributed by atoms with van der Waals surface area (Å²) in [4.78, 5) is 37.2. The predicted molar refractivity (Wildman–Crippen MR) is 147 cm³/mol. The van der Waals surface area contributed by atoms with Crippen LogP contribution in [0.1, 0.15) is 51.5 Å². The molecule has 1 aliphatic carbocycles. The number of ether oxygens (including phenoxy) is 3. The summed E-state index contributed by atoms with van der Waals surface area (Å²) in [6.07, 6.45) is 7.96. The second-order valence-corrected chi connectivity index (χ2v) is 11.4. The number of fused-ring (bicyclic) bond motifs is 1. The van der Waals surface area contributed by atoms with Gasteiger partial charge in [0.25, 0.3) is 5.91 Å². The van der Waals surface area contributed by atoms with Crippen LogP contribution >= 0.6 is 0 Å². The van der Waals surface area contributed by atoms with E-state index in [1.54, 1.807) is 21.0 Å². The molecule has 5 rings (SSSR count). The average molecular weight is 543 g/mol. The number of carbonyl (C=O) groups excluding carboxylic acids is 2. The molecule has 4 heterocycles. The molecule has 1 atom stereocenters. The van der Waals surface area contributed by atoms with E-state index in [9.17, 15) is 9.59 Å². The Balaban J connectivity index is 1.40. The number of nitrogens with zero attached hydrogens (tertiary/aromatic N) is 5. The van der Waals surface area contributed by atoms with Crippen molar-refractivity contribution in [3.63, 3.8) is 0 Å². The number of morpholine rings is 1. The fourth-order valence-electron chi connectivity index (χ4n) is 5.57. The fraction of sp³-hybridized carbons (Fsp3) is 0.679. The number of rotatable bonds is 10. The second kappa shape index (κ2) is 11.7. The maximum absolute atomic E-state index is 13.9. The number of pyridine rings is 1. The van der Waals surface area contributed by atoms with Gasteiger partial charge in [-0.25, -0.2) is 9.78 Å². The number of hydrogen-bond donors (Lipinski definition) is 1. The molecule has 11 heteroatoms. The molecular weight excluding hydrogens is 500 g/mol. The second-order valence-electron chi connectivity index (χ2n) is 11.4. The smallest absolute Gasteiger partial charge is 0.411 e. The first kappa shape index (κ1) is 27.7. The maximum atomic E-state index is 13.9. The van der Waals surface area contributed by atoms with Gasteiger partial charge in [0.05, 0.1) is 13.2 Å². The Morgan fingerprint density at radius 2 is 2.00 bits per heavy atom. The van der Waals surface area contributed by atoms with Crippen LogP contribution < -0.4 is 10.6 Å². The molecule has 3 aliphatic rings. The summed E-state index contributed by atoms with van der Waals surface area (Å²) in [7, 11) is 1.72. The summed E-state index contributed by atoms with van der Waals surface area (Å²) in [6.45, 7) is 8.03. The highest BCUT2D eigenvalue weighted by Crippen LogP contribution is 2.36. The van der Waals surface area contributed by atoms with Gasteiger partial charge in [-0.15, -0.1) is 0 Å². The van der Waals surface area contributed by atoms with Crippen LogP contribution in [0, 0.1) is 0 Å². The van der Waals surface area contributed by atoms with Crippen molar-refractivity contribution in [3.8, 4) is 0 Å². The van der Waals surface area contributed by atoms with Crippen molar-refractivity contribution in [2.24, 2.45) is 5.73 Å². The van der Waals surface area contributed by atoms with Crippen molar-refractivity contribution in [2.45, 2.75) is 76.9 Å². The van der Waals surface area contributed by atoms with Crippen molar-refractivity contribution in [1.82, 2.24) is 19.4 Å². The van der Waals surface area contributed by atoms with Crippen LogP contribution in [0.3, 0.4) is 0 Å². The molecule has 2 aromatic heterocycles. The third-order valence-electron chi connectivity index (χ3n) is 7.57. The highest BCUT2D eigenvalue weighted by molar-refractivity contribution is 5.94. The van der Waals surface area contributed by atoms with E-state index in [1.165, 1.54) is 23.4 Å². The molecule has 0 spiro atoms. The van der Waals surface area contributed by atoms with Gasteiger partial charge < -0.3 is 33.5 Å². The molecule has 39 heavy (non-hydrogen) atoms. The Morgan fingerprint density at radius 1 is 1.23 bits per heavy atom. The standard InChI is InChI=1S/C28H42N6O5/c1-28(2,29)39-27(36)33-14-16-38-23(19-33)26(35)34(21-7-8-21)18-20-17-32(13-6-15-37-3)25-24(20)22(9-10-30-25)31-11-4-5-12-31/h9-10,17,21,23H,4-8,11-16,18-19,29H2,1-3H3. The molecule has 0 aromatic carbocycles. The molecule has 2 aromatic rings. The number of hydrogen-bond acceptors (Lipinski definition) is 8. The zero-order valence-corrected chi connectivity index (χ0v) is 23.4. The molecule has 214 valence electrons. The Morgan fingerprint density at radius 3 is 2.69 bits per heavy atom. The quantitative estimate of drug-likeness (QED) is 0.360. The van der Waals surface area contributed by atoms with Crippen molar-refractivity contribution in [3.05, 3.63) is 24.0 Å². The lowest BCUT2D eigenvalue weighted by Gasteiger charge is -2.35. The van der Waals surface area contributed by atoms with Gasteiger partial charge in [-0.2, -0.15) is 0 Å². The summed E-state index contributed by atoms with van der Waals surface area (Å²) in [5.74, 6) is -0.0890. The largest absolute Gasteiger partial charge is 0.428 e. The van der Waals surface area contributed by atoms with Gasteiger partial charge in [0.1, 0.15) is 5.65 Å². The molecule has 11 nitrogen and oxygen atoms in total. The highest BCUT2D eigenvalue weighted by Gasteiger charge is 2.40. The lowest BCUT2D eigenvalue weighted by molar-refractivity contribution is -0.150. The van der Waals surface area contributed by atoms with E-state index in [0.29, 0.717) is 19.7 Å². The number of methoxy groups -OCH3 is 1. The van der Waals surface area contributed by atoms with Crippen LogP contribution in [0.25, 0.3) is 11.0 Å². The van der Waals surface area contributed by atoms with Gasteiger partial charge in [-0.3, -0.25) is 10.5 Å². The summed E-state index contributed by atoms with van der Waals surface area (Å²) in [5.41, 5.74) is 8.01. The number of aromatic nitrogens is 2. The summed E-state index contributed by atoms with van der Waals surface area (Å²) in [6, 6.07) is 2.28. The maximum Gasteiger partial charge on any atom is 0.411 e. The Kier molecular flexibility index (Phi) is 8.29. The third-order valence-corrected chi connectivity index (χ3v) is 7.57. The first-order chi connectivity index (χ1) is 18.7. The summed E-state index contributed by atoms with van der Waals surface area (Å²) < 4.78 is 18.7. The lowest BCUT2D eigenvalue weighted by atomic mass is 10.1. The van der Waals surface area contributed by atoms with Crippen LogP contribution in [0.2, 0.25) is 0 Å². The van der Waals surface area contributed by atoms with E-state index in [0.717, 1.165) is 55.5 Å². The van der Waals surface area contributed by atoms with Gasteiger partial charge in [-0.05, 0) is 52.0 Å². The lowest BCUT2D eigenvalue weighted by Crippen LogP contribution is -2.54. The molecule has 2 aliphatic heterocycles. The molecule has 0 radical (unpaired) electrons. The van der Waals surface area contributed by atoms with Crippen molar-refractivity contribution < 1.29 is 23.8 Å². The third kappa shape index (κ3) is 6.47. The van der Waals surface area contributed by atoms with Crippen molar-refractivity contribution in [2.75, 3.05) is 51.4 Å². The number of nitrogens with two attached hydrogens (primary N) is 1. The molecule has 2 amide bonds. The van der Waals surface area contributed by atoms with Crippen LogP contribution in [-0.4, -0.2) is 95.7 Å². The van der Waals surface area contributed by atoms with E-state index in [2.05, 4.69) is 21.7 Å². The minimum atomic E-state index is -1.09. The zero-order chi connectivity index (χ0) is 27.6. The number of amides is 2. The van der Waals surface area contributed by atoms with E-state index >= 15 is 0 Å². The Labute approximate surface area is 230 Å². The van der Waals surface area contributed by atoms with Gasteiger partial charge in [0.15, 0.2) is 11.8 Å². The number of carbonyl (C=O) groups is 2. The minimum Gasteiger partial charge on any atom is -0.428 e. The molecule has 3 fully saturated rings. The van der Waals surface area contributed by atoms with E-state index in [-0.39, 0.29) is 25.1 Å². The number of anilines is 1. The SMILES string of the molecule is COCCCn1cc(CN(C(=O)C2CN(C(=O)OC(C)(C)N)CCO2)C2CC2)c2c(N3CCCC3)ccnc21. The van der Waals surface area contributed by atoms with E-state index in [4.69, 9.17) is 24.9 Å². The van der Waals surface area contributed by atoms with Crippen molar-refractivity contribution in [1.29, 1.82) is 0 Å². The van der Waals surface area contributed by atoms with Gasteiger partial charge in [0, 0.05) is 81.5 Å². The Hall–Kier alpha value is -2.89. The fourth-order valence-corrected chi connectivity index (χ4v) is 5.57. The molecular formula is C28H42N6O5. The Bertz CT molecular complexity index is 1170. The first-order valence-electron chi connectivity index (χ1n) is 14.1. The first-order valence-corrected chi connectivity index (χ1v) is 14.1. The number of aryl methyl sites for hydroxylation is 1. The van der Waals surface area contributed by atoms with Gasteiger partial charge in [-0.1, -0.05) is 0 Å². The summed E-state index contributed by atoms with van der Waals surface area (Å²) >= 11 is 0. The van der Waals surface area contributed by atoms with Crippen molar-refractivity contribution >= 4 is 28.7 Å². The molecule has 2 N–H and O–H groups in total.